The molecule has 0 saturated carbocycles. The number of hydrogen-bond acceptors (Lipinski definition) is 5. The molecule has 4 nitrogen and oxygen atoms in total. The van der Waals surface area contributed by atoms with Gasteiger partial charge < -0.3 is 10.2 Å². The highest BCUT2D eigenvalue weighted by Gasteiger charge is 2.15. The molecule has 0 aliphatic rings. The molecule has 0 fully saturated rings. The number of rotatable bonds is 5. The maximum atomic E-state index is 6.15. The van der Waals surface area contributed by atoms with Crippen LogP contribution in [-0.4, -0.2) is 9.59 Å². The second kappa shape index (κ2) is 5.23. The van der Waals surface area contributed by atoms with Gasteiger partial charge in [0.25, 0.3) is 0 Å². The molecule has 86 valence electrons. The summed E-state index contributed by atoms with van der Waals surface area (Å²) in [6.45, 7) is 2.13. The lowest BCUT2D eigenvalue weighted by Crippen LogP contribution is -2.13. The summed E-state index contributed by atoms with van der Waals surface area (Å²) in [5.74, 6) is 0. The van der Waals surface area contributed by atoms with Gasteiger partial charge in [0.15, 0.2) is 0 Å². The van der Waals surface area contributed by atoms with Crippen LogP contribution in [0.15, 0.2) is 23.0 Å². The van der Waals surface area contributed by atoms with Gasteiger partial charge in [-0.2, -0.15) is 0 Å². The van der Waals surface area contributed by atoms with E-state index in [2.05, 4.69) is 16.5 Å². The maximum Gasteiger partial charge on any atom is 0.0935 e. The molecule has 2 aromatic rings. The minimum absolute atomic E-state index is 0.0286. The Labute approximate surface area is 98.6 Å². The molecule has 0 bridgehead atoms. The molecule has 0 amide bonds. The average Bonchev–Trinajstić information content (AvgIpc) is 2.89. The zero-order valence-corrected chi connectivity index (χ0v) is 10.0. The second-order valence-electron chi connectivity index (χ2n) is 3.78. The predicted octanol–water partition coefficient (Wildman–Crippen LogP) is 2.33. The van der Waals surface area contributed by atoms with Crippen molar-refractivity contribution in [2.75, 3.05) is 0 Å². The molecule has 0 radical (unpaired) electrons. The molecule has 0 aliphatic heterocycles. The highest BCUT2D eigenvalue weighted by atomic mass is 32.1. The first-order valence-corrected chi connectivity index (χ1v) is 6.16. The molecule has 2 N–H and O–H groups in total. The van der Waals surface area contributed by atoms with Crippen LogP contribution < -0.4 is 5.73 Å². The van der Waals surface area contributed by atoms with Crippen LogP contribution in [0.25, 0.3) is 0 Å². The Kier molecular flexibility index (Phi) is 3.69. The Bertz CT molecular complexity index is 424. The zero-order valence-electron chi connectivity index (χ0n) is 9.22. The fourth-order valence-electron chi connectivity index (χ4n) is 1.66. The van der Waals surface area contributed by atoms with Crippen molar-refractivity contribution in [3.05, 3.63) is 34.7 Å². The van der Waals surface area contributed by atoms with Crippen LogP contribution in [-0.2, 0) is 12.8 Å². The van der Waals surface area contributed by atoms with E-state index in [-0.39, 0.29) is 6.04 Å². The van der Waals surface area contributed by atoms with E-state index in [9.17, 15) is 0 Å². The summed E-state index contributed by atoms with van der Waals surface area (Å²) < 4.78 is 9.01. The van der Waals surface area contributed by atoms with E-state index < -0.39 is 0 Å². The van der Waals surface area contributed by atoms with Crippen molar-refractivity contribution in [1.29, 1.82) is 0 Å². The predicted molar refractivity (Wildman–Crippen MR) is 63.2 cm³/mol. The normalized spacial score (nSPS) is 12.9. The Hall–Kier alpha value is -1.20. The summed E-state index contributed by atoms with van der Waals surface area (Å²) in [7, 11) is 0. The molecule has 16 heavy (non-hydrogen) atoms. The SMILES string of the molecule is CCCc1nnsc1C(N)Cc1ccoc1. The topological polar surface area (TPSA) is 64.9 Å². The number of aryl methyl sites for hydroxylation is 1. The first-order valence-electron chi connectivity index (χ1n) is 5.39. The van der Waals surface area contributed by atoms with E-state index in [4.69, 9.17) is 10.2 Å². The third kappa shape index (κ3) is 2.48. The van der Waals surface area contributed by atoms with Crippen molar-refractivity contribution in [1.82, 2.24) is 9.59 Å². The van der Waals surface area contributed by atoms with Crippen LogP contribution in [0.3, 0.4) is 0 Å². The number of nitrogens with zero attached hydrogens (tertiary/aromatic N) is 2. The van der Waals surface area contributed by atoms with Crippen molar-refractivity contribution in [2.24, 2.45) is 5.73 Å². The molecule has 2 heterocycles. The first kappa shape index (κ1) is 11.3. The Balaban J connectivity index is 2.08. The lowest BCUT2D eigenvalue weighted by molar-refractivity contribution is 0.561. The maximum absolute atomic E-state index is 6.15. The molecule has 0 aromatic carbocycles. The zero-order chi connectivity index (χ0) is 11.4. The third-order valence-corrected chi connectivity index (χ3v) is 3.34. The minimum Gasteiger partial charge on any atom is -0.472 e. The molecule has 0 aliphatic carbocycles. The molecule has 1 atom stereocenters. The van der Waals surface area contributed by atoms with Gasteiger partial charge in [-0.25, -0.2) is 0 Å². The molecular formula is C11H15N3OS. The monoisotopic (exact) mass is 237 g/mol. The third-order valence-electron chi connectivity index (χ3n) is 2.44. The molecule has 5 heteroatoms. The van der Waals surface area contributed by atoms with Crippen LogP contribution in [0.5, 0.6) is 0 Å². The van der Waals surface area contributed by atoms with E-state index in [1.54, 1.807) is 12.5 Å². The summed E-state index contributed by atoms with van der Waals surface area (Å²) >= 11 is 1.40. The Morgan fingerprint density at radius 3 is 3.12 bits per heavy atom. The summed E-state index contributed by atoms with van der Waals surface area (Å²) in [5.41, 5.74) is 8.31. The van der Waals surface area contributed by atoms with Crippen molar-refractivity contribution in [2.45, 2.75) is 32.2 Å². The van der Waals surface area contributed by atoms with Crippen molar-refractivity contribution < 1.29 is 4.42 Å². The smallest absolute Gasteiger partial charge is 0.0935 e. The average molecular weight is 237 g/mol. The van der Waals surface area contributed by atoms with Gasteiger partial charge in [-0.1, -0.05) is 17.8 Å². The van der Waals surface area contributed by atoms with E-state index in [0.29, 0.717) is 0 Å². The van der Waals surface area contributed by atoms with E-state index in [0.717, 1.165) is 35.4 Å². The van der Waals surface area contributed by atoms with Gasteiger partial charge in [0.1, 0.15) is 0 Å². The number of nitrogens with two attached hydrogens (primary N) is 1. The van der Waals surface area contributed by atoms with Gasteiger partial charge in [0.2, 0.25) is 0 Å². The van der Waals surface area contributed by atoms with Gasteiger partial charge in [-0.05, 0) is 36.0 Å². The van der Waals surface area contributed by atoms with Gasteiger partial charge in [-0.3, -0.25) is 0 Å². The van der Waals surface area contributed by atoms with Crippen LogP contribution in [0.4, 0.5) is 0 Å². The fraction of sp³-hybridized carbons (Fsp3) is 0.455. The van der Waals surface area contributed by atoms with Gasteiger partial charge in [-0.15, -0.1) is 5.10 Å². The minimum atomic E-state index is -0.0286. The number of hydrogen-bond donors (Lipinski definition) is 1. The lowest BCUT2D eigenvalue weighted by Gasteiger charge is -2.08. The summed E-state index contributed by atoms with van der Waals surface area (Å²) in [4.78, 5) is 1.10. The van der Waals surface area contributed by atoms with Gasteiger partial charge in [0, 0.05) is 6.04 Å². The van der Waals surface area contributed by atoms with Crippen LogP contribution in [0.2, 0.25) is 0 Å². The number of aromatic nitrogens is 2. The summed E-state index contributed by atoms with van der Waals surface area (Å²) in [5, 5.41) is 4.12. The van der Waals surface area contributed by atoms with E-state index >= 15 is 0 Å². The molecule has 0 spiro atoms. The van der Waals surface area contributed by atoms with Crippen molar-refractivity contribution in [3.63, 3.8) is 0 Å². The largest absolute Gasteiger partial charge is 0.472 e. The van der Waals surface area contributed by atoms with Crippen molar-refractivity contribution in [3.8, 4) is 0 Å². The fourth-order valence-corrected chi connectivity index (χ4v) is 2.36. The lowest BCUT2D eigenvalue weighted by atomic mass is 10.1. The van der Waals surface area contributed by atoms with Crippen molar-refractivity contribution >= 4 is 11.5 Å². The summed E-state index contributed by atoms with van der Waals surface area (Å²) in [6.07, 6.45) is 6.19. The second-order valence-corrected chi connectivity index (χ2v) is 4.56. The molecule has 1 unspecified atom stereocenters. The van der Waals surface area contributed by atoms with E-state index in [1.165, 1.54) is 11.5 Å². The molecule has 2 rings (SSSR count). The molecule has 2 aromatic heterocycles. The summed E-state index contributed by atoms with van der Waals surface area (Å²) in [6, 6.07) is 1.91. The van der Waals surface area contributed by atoms with Gasteiger partial charge >= 0.3 is 0 Å². The number of furan rings is 1. The first-order chi connectivity index (χ1) is 7.81. The van der Waals surface area contributed by atoms with Gasteiger partial charge in [0.05, 0.1) is 23.1 Å². The van der Waals surface area contributed by atoms with Crippen LogP contribution in [0.1, 0.15) is 35.5 Å². The van der Waals surface area contributed by atoms with Crippen LogP contribution in [0, 0.1) is 0 Å². The standard InChI is InChI=1S/C11H15N3OS/c1-2-3-10-11(16-14-13-10)9(12)6-8-4-5-15-7-8/h4-5,7,9H,2-3,6,12H2,1H3. The van der Waals surface area contributed by atoms with E-state index in [1.807, 2.05) is 6.07 Å². The highest BCUT2D eigenvalue weighted by Crippen LogP contribution is 2.23. The molecule has 0 saturated heterocycles. The quantitative estimate of drug-likeness (QED) is 0.866. The Morgan fingerprint density at radius 1 is 1.56 bits per heavy atom. The molecular weight excluding hydrogens is 222 g/mol. The Morgan fingerprint density at radius 2 is 2.44 bits per heavy atom. The van der Waals surface area contributed by atoms with Crippen LogP contribution >= 0.6 is 11.5 Å². The highest BCUT2D eigenvalue weighted by molar-refractivity contribution is 7.05.